The maximum atomic E-state index is 13.4. The van der Waals surface area contributed by atoms with Gasteiger partial charge in [0.2, 0.25) is 5.91 Å². The number of hydrogen-bond donors (Lipinski definition) is 0. The monoisotopic (exact) mass is 449 g/mol. The number of imidazole rings is 1. The van der Waals surface area contributed by atoms with Gasteiger partial charge < -0.3 is 18.8 Å². The highest BCUT2D eigenvalue weighted by molar-refractivity contribution is 5.79. The molecular weight excluding hydrogens is 418 g/mol. The van der Waals surface area contributed by atoms with Crippen LogP contribution in [-0.4, -0.2) is 53.0 Å². The number of amides is 1. The van der Waals surface area contributed by atoms with Gasteiger partial charge in [0.05, 0.1) is 25.3 Å². The van der Waals surface area contributed by atoms with E-state index in [1.165, 1.54) is 0 Å². The maximum absolute atomic E-state index is 13.4. The summed E-state index contributed by atoms with van der Waals surface area (Å²) in [7, 11) is 1.64. The molecule has 33 heavy (non-hydrogen) atoms. The molecule has 1 aliphatic rings. The van der Waals surface area contributed by atoms with Gasteiger partial charge in [0.25, 0.3) is 0 Å². The molecule has 174 valence electrons. The number of pyridine rings is 1. The molecule has 0 radical (unpaired) electrons. The molecule has 1 aromatic carbocycles. The van der Waals surface area contributed by atoms with Gasteiger partial charge in [-0.3, -0.25) is 9.59 Å². The van der Waals surface area contributed by atoms with Crippen molar-refractivity contribution in [3.05, 3.63) is 65.6 Å². The highest BCUT2D eigenvalue weighted by Gasteiger charge is 2.30. The first-order valence-electron chi connectivity index (χ1n) is 11.5. The molecule has 0 bridgehead atoms. The van der Waals surface area contributed by atoms with E-state index in [-0.39, 0.29) is 23.7 Å². The van der Waals surface area contributed by atoms with Gasteiger partial charge in [0.15, 0.2) is 0 Å². The lowest BCUT2D eigenvalue weighted by molar-refractivity contribution is -0.151. The quantitative estimate of drug-likeness (QED) is 0.510. The Morgan fingerprint density at radius 1 is 1.18 bits per heavy atom. The second kappa shape index (κ2) is 10.1. The van der Waals surface area contributed by atoms with Crippen LogP contribution < -0.4 is 4.74 Å². The van der Waals surface area contributed by atoms with E-state index in [2.05, 4.69) is 9.38 Å². The average molecular weight is 450 g/mol. The lowest BCUT2D eigenvalue weighted by Gasteiger charge is -2.32. The lowest BCUT2D eigenvalue weighted by atomic mass is 9.90. The minimum Gasteiger partial charge on any atom is -0.497 e. The second-order valence-corrected chi connectivity index (χ2v) is 8.56. The number of aryl methyl sites for hydroxylation is 1. The number of likely N-dealkylation sites (tertiary alicyclic amines) is 1. The number of hydrogen-bond acceptors (Lipinski definition) is 5. The summed E-state index contributed by atoms with van der Waals surface area (Å²) in [5.74, 6) is 0.384. The van der Waals surface area contributed by atoms with Crippen LogP contribution >= 0.6 is 0 Å². The van der Waals surface area contributed by atoms with E-state index in [1.807, 2.05) is 67.5 Å². The zero-order chi connectivity index (χ0) is 23.4. The number of piperidine rings is 1. The highest BCUT2D eigenvalue weighted by atomic mass is 16.5. The molecule has 1 atom stereocenters. The molecule has 1 saturated heterocycles. The standard InChI is InChI=1S/C26H31N3O4/c1-4-33-26(31)19-9-11-28(12-10-19)25(30)16-22(20-6-5-7-21(15-20)32-3)23-17-27-24-14-18(2)8-13-29(23)24/h5-8,13-15,17,19,22H,4,9-12,16H2,1-3H3. The number of benzene rings is 1. The number of aromatic nitrogens is 2. The Labute approximate surface area is 194 Å². The Morgan fingerprint density at radius 3 is 2.70 bits per heavy atom. The van der Waals surface area contributed by atoms with Crippen molar-refractivity contribution >= 4 is 17.5 Å². The molecule has 0 spiro atoms. The third kappa shape index (κ3) is 5.02. The third-order valence-electron chi connectivity index (χ3n) is 6.40. The van der Waals surface area contributed by atoms with E-state index < -0.39 is 0 Å². The van der Waals surface area contributed by atoms with Gasteiger partial charge in [-0.25, -0.2) is 4.98 Å². The Kier molecular flexibility index (Phi) is 6.96. The summed E-state index contributed by atoms with van der Waals surface area (Å²) in [6, 6.07) is 11.9. The fourth-order valence-electron chi connectivity index (χ4n) is 4.54. The van der Waals surface area contributed by atoms with Crippen molar-refractivity contribution in [2.45, 2.75) is 39.0 Å². The molecule has 1 unspecified atom stereocenters. The predicted octanol–water partition coefficient (Wildman–Crippen LogP) is 3.98. The van der Waals surface area contributed by atoms with Gasteiger partial charge in [-0.1, -0.05) is 12.1 Å². The lowest BCUT2D eigenvalue weighted by Crippen LogP contribution is -2.41. The Morgan fingerprint density at radius 2 is 1.97 bits per heavy atom. The number of nitrogens with zero attached hydrogens (tertiary/aromatic N) is 3. The first kappa shape index (κ1) is 22.8. The van der Waals surface area contributed by atoms with Crippen molar-refractivity contribution in [3.63, 3.8) is 0 Å². The van der Waals surface area contributed by atoms with Crippen LogP contribution in [0.15, 0.2) is 48.8 Å². The van der Waals surface area contributed by atoms with Gasteiger partial charge >= 0.3 is 5.97 Å². The van der Waals surface area contributed by atoms with Crippen LogP contribution in [0.3, 0.4) is 0 Å². The van der Waals surface area contributed by atoms with Crippen LogP contribution in [0.4, 0.5) is 0 Å². The Balaban J connectivity index is 1.58. The molecule has 1 amide bonds. The van der Waals surface area contributed by atoms with Gasteiger partial charge in [-0.2, -0.15) is 0 Å². The molecular formula is C26H31N3O4. The number of ether oxygens (including phenoxy) is 2. The SMILES string of the molecule is CCOC(=O)C1CCN(C(=O)CC(c2cccc(OC)c2)c2cnc3cc(C)ccn23)CC1. The van der Waals surface area contributed by atoms with Crippen LogP contribution in [0.1, 0.15) is 48.9 Å². The molecule has 2 aromatic heterocycles. The summed E-state index contributed by atoms with van der Waals surface area (Å²) < 4.78 is 12.6. The first-order valence-corrected chi connectivity index (χ1v) is 11.5. The molecule has 0 saturated carbocycles. The summed E-state index contributed by atoms with van der Waals surface area (Å²) in [6.07, 6.45) is 5.47. The third-order valence-corrected chi connectivity index (χ3v) is 6.40. The van der Waals surface area contributed by atoms with E-state index in [4.69, 9.17) is 9.47 Å². The number of rotatable bonds is 7. The molecule has 3 aromatic rings. The topological polar surface area (TPSA) is 73.1 Å². The van der Waals surface area contributed by atoms with Gasteiger partial charge in [-0.05, 0) is 62.1 Å². The van der Waals surface area contributed by atoms with E-state index in [1.54, 1.807) is 7.11 Å². The summed E-state index contributed by atoms with van der Waals surface area (Å²) in [6.45, 7) is 5.38. The zero-order valence-corrected chi connectivity index (χ0v) is 19.5. The fourth-order valence-corrected chi connectivity index (χ4v) is 4.54. The number of carbonyl (C=O) groups excluding carboxylic acids is 2. The van der Waals surface area contributed by atoms with Crippen LogP contribution in [0.5, 0.6) is 5.75 Å². The Hall–Kier alpha value is -3.35. The summed E-state index contributed by atoms with van der Waals surface area (Å²) >= 11 is 0. The van der Waals surface area contributed by atoms with Crippen molar-refractivity contribution in [3.8, 4) is 5.75 Å². The molecule has 0 N–H and O–H groups in total. The first-order chi connectivity index (χ1) is 16.0. The minimum absolute atomic E-state index is 0.0761. The summed E-state index contributed by atoms with van der Waals surface area (Å²) in [5, 5.41) is 0. The number of esters is 1. The normalized spacial score (nSPS) is 15.4. The van der Waals surface area contributed by atoms with Crippen LogP contribution in [-0.2, 0) is 14.3 Å². The van der Waals surface area contributed by atoms with Crippen molar-refractivity contribution in [2.24, 2.45) is 5.92 Å². The average Bonchev–Trinajstić information content (AvgIpc) is 3.25. The van der Waals surface area contributed by atoms with Gasteiger partial charge in [0.1, 0.15) is 11.4 Å². The second-order valence-electron chi connectivity index (χ2n) is 8.56. The van der Waals surface area contributed by atoms with Crippen molar-refractivity contribution < 1.29 is 19.1 Å². The Bertz CT molecular complexity index is 1130. The molecule has 7 heteroatoms. The van der Waals surface area contributed by atoms with E-state index >= 15 is 0 Å². The molecule has 4 rings (SSSR count). The molecule has 0 aliphatic carbocycles. The highest BCUT2D eigenvalue weighted by Crippen LogP contribution is 2.32. The van der Waals surface area contributed by atoms with Crippen molar-refractivity contribution in [1.82, 2.24) is 14.3 Å². The fraction of sp³-hybridized carbons (Fsp3) is 0.423. The smallest absolute Gasteiger partial charge is 0.309 e. The van der Waals surface area contributed by atoms with Crippen LogP contribution in [0.2, 0.25) is 0 Å². The minimum atomic E-state index is -0.173. The largest absolute Gasteiger partial charge is 0.497 e. The number of methoxy groups -OCH3 is 1. The van der Waals surface area contributed by atoms with Gasteiger partial charge in [-0.15, -0.1) is 0 Å². The maximum Gasteiger partial charge on any atom is 0.309 e. The van der Waals surface area contributed by atoms with E-state index in [0.717, 1.165) is 28.2 Å². The molecule has 1 aliphatic heterocycles. The predicted molar refractivity (Wildman–Crippen MR) is 125 cm³/mol. The van der Waals surface area contributed by atoms with Crippen LogP contribution in [0.25, 0.3) is 5.65 Å². The van der Waals surface area contributed by atoms with E-state index in [9.17, 15) is 9.59 Å². The number of carbonyl (C=O) groups is 2. The molecule has 3 heterocycles. The summed E-state index contributed by atoms with van der Waals surface area (Å²) in [5.41, 5.74) is 3.97. The van der Waals surface area contributed by atoms with Crippen LogP contribution in [0, 0.1) is 12.8 Å². The van der Waals surface area contributed by atoms with Gasteiger partial charge in [0, 0.05) is 37.8 Å². The van der Waals surface area contributed by atoms with E-state index in [0.29, 0.717) is 39.0 Å². The molecule has 7 nitrogen and oxygen atoms in total. The summed E-state index contributed by atoms with van der Waals surface area (Å²) in [4.78, 5) is 31.9. The zero-order valence-electron chi connectivity index (χ0n) is 19.5. The van der Waals surface area contributed by atoms with Crippen molar-refractivity contribution in [2.75, 3.05) is 26.8 Å². The molecule has 1 fully saturated rings. The van der Waals surface area contributed by atoms with Crippen molar-refractivity contribution in [1.29, 1.82) is 0 Å². The number of fused-ring (bicyclic) bond motifs is 1.